The lowest BCUT2D eigenvalue weighted by atomic mass is 10.1. The molecule has 196 valence electrons. The van der Waals surface area contributed by atoms with Gasteiger partial charge in [0.05, 0.1) is 49.7 Å². The van der Waals surface area contributed by atoms with Gasteiger partial charge in [-0.25, -0.2) is 8.42 Å². The molecule has 0 radical (unpaired) electrons. The molecule has 12 nitrogen and oxygen atoms in total. The number of nitrogens with one attached hydrogen (secondary N) is 2. The third-order valence-corrected chi connectivity index (χ3v) is 6.62. The number of sulfonamides is 1. The number of nitro groups is 1. The van der Waals surface area contributed by atoms with E-state index in [1.807, 2.05) is 0 Å². The third kappa shape index (κ3) is 6.01. The first-order valence-corrected chi connectivity index (χ1v) is 12.2. The van der Waals surface area contributed by atoms with Gasteiger partial charge in [-0.15, -0.1) is 0 Å². The molecule has 0 aliphatic rings. The fourth-order valence-corrected chi connectivity index (χ4v) is 4.45. The number of para-hydroxylation sites is 2. The van der Waals surface area contributed by atoms with Gasteiger partial charge in [-0.1, -0.05) is 12.1 Å². The van der Waals surface area contributed by atoms with Gasteiger partial charge in [0.15, 0.2) is 11.5 Å². The number of nitrogens with zero attached hydrogens (tertiary/aromatic N) is 2. The summed E-state index contributed by atoms with van der Waals surface area (Å²) >= 11 is 0. The van der Waals surface area contributed by atoms with Gasteiger partial charge in [0.1, 0.15) is 11.4 Å². The second-order valence-electron chi connectivity index (χ2n) is 7.46. The monoisotopic (exact) mass is 530 g/mol. The summed E-state index contributed by atoms with van der Waals surface area (Å²) in [5, 5.41) is 16.0. The molecule has 3 aromatic rings. The van der Waals surface area contributed by atoms with Crippen LogP contribution in [0.2, 0.25) is 0 Å². The minimum absolute atomic E-state index is 0.00645. The van der Waals surface area contributed by atoms with Gasteiger partial charge in [-0.05, 0) is 43.3 Å². The van der Waals surface area contributed by atoms with E-state index in [0.29, 0.717) is 34.3 Å². The van der Waals surface area contributed by atoms with Crippen LogP contribution in [0.3, 0.4) is 0 Å². The Labute approximate surface area is 214 Å². The molecule has 0 spiro atoms. The first-order chi connectivity index (χ1) is 17.6. The largest absolute Gasteiger partial charge is 0.495 e. The van der Waals surface area contributed by atoms with E-state index in [-0.39, 0.29) is 16.3 Å². The minimum atomic E-state index is -4.15. The smallest absolute Gasteiger partial charge is 0.295 e. The van der Waals surface area contributed by atoms with Crippen molar-refractivity contribution in [2.45, 2.75) is 11.8 Å². The zero-order valence-corrected chi connectivity index (χ0v) is 21.6. The van der Waals surface area contributed by atoms with Crippen molar-refractivity contribution in [1.82, 2.24) is 0 Å². The number of hydrazone groups is 1. The van der Waals surface area contributed by atoms with Gasteiger partial charge >= 0.3 is 0 Å². The molecule has 3 rings (SSSR count). The molecule has 0 atom stereocenters. The molecule has 0 aliphatic heterocycles. The topological polar surface area (TPSA) is 151 Å². The fraction of sp³-hybridized carbons (Fsp3) is 0.208. The molecule has 2 N–H and O–H groups in total. The van der Waals surface area contributed by atoms with Gasteiger partial charge in [-0.2, -0.15) is 5.10 Å². The summed E-state index contributed by atoms with van der Waals surface area (Å²) in [6, 6.07) is 13.2. The van der Waals surface area contributed by atoms with E-state index in [9.17, 15) is 18.5 Å². The van der Waals surface area contributed by atoms with Crippen molar-refractivity contribution < 1.29 is 32.3 Å². The molecule has 0 saturated carbocycles. The van der Waals surface area contributed by atoms with E-state index >= 15 is 0 Å². The molecule has 0 heterocycles. The Morgan fingerprint density at radius 3 is 2.05 bits per heavy atom. The average molecular weight is 531 g/mol. The second kappa shape index (κ2) is 11.5. The summed E-state index contributed by atoms with van der Waals surface area (Å²) < 4.78 is 49.4. The summed E-state index contributed by atoms with van der Waals surface area (Å²) in [6.45, 7) is 1.68. The van der Waals surface area contributed by atoms with E-state index in [2.05, 4.69) is 15.2 Å². The molecule has 37 heavy (non-hydrogen) atoms. The maximum atomic E-state index is 12.9. The Morgan fingerprint density at radius 2 is 1.49 bits per heavy atom. The molecule has 0 aliphatic carbocycles. The van der Waals surface area contributed by atoms with Crippen LogP contribution in [0.15, 0.2) is 64.6 Å². The van der Waals surface area contributed by atoms with Gasteiger partial charge in [-0.3, -0.25) is 20.3 Å². The van der Waals surface area contributed by atoms with Crippen molar-refractivity contribution in [3.8, 4) is 23.0 Å². The molecular formula is C24H26N4O8S. The highest BCUT2D eigenvalue weighted by Gasteiger charge is 2.23. The number of methoxy groups -OCH3 is 4. The Morgan fingerprint density at radius 1 is 0.865 bits per heavy atom. The second-order valence-corrected chi connectivity index (χ2v) is 9.15. The van der Waals surface area contributed by atoms with Crippen LogP contribution in [0, 0.1) is 10.1 Å². The number of hydrogen-bond donors (Lipinski definition) is 2. The van der Waals surface area contributed by atoms with E-state index in [1.165, 1.54) is 46.6 Å². The Bertz CT molecular complexity index is 1420. The normalized spacial score (nSPS) is 11.4. The number of nitro benzene ring substituents is 1. The van der Waals surface area contributed by atoms with Gasteiger partial charge < -0.3 is 18.9 Å². The molecule has 3 aromatic carbocycles. The summed E-state index contributed by atoms with van der Waals surface area (Å²) in [4.78, 5) is 10.7. The quantitative estimate of drug-likeness (QED) is 0.210. The summed E-state index contributed by atoms with van der Waals surface area (Å²) in [7, 11) is 1.69. The van der Waals surface area contributed by atoms with Crippen molar-refractivity contribution in [3.05, 3.63) is 70.3 Å². The van der Waals surface area contributed by atoms with Crippen molar-refractivity contribution in [1.29, 1.82) is 0 Å². The van der Waals surface area contributed by atoms with Crippen molar-refractivity contribution in [2.24, 2.45) is 5.10 Å². The highest BCUT2D eigenvalue weighted by atomic mass is 32.2. The maximum Gasteiger partial charge on any atom is 0.295 e. The Balaban J connectivity index is 1.93. The number of hydrogen-bond acceptors (Lipinski definition) is 10. The molecule has 0 bridgehead atoms. The van der Waals surface area contributed by atoms with Gasteiger partial charge in [0, 0.05) is 11.6 Å². The van der Waals surface area contributed by atoms with Crippen molar-refractivity contribution >= 4 is 32.8 Å². The fourth-order valence-electron chi connectivity index (χ4n) is 3.36. The predicted molar refractivity (Wildman–Crippen MR) is 139 cm³/mol. The van der Waals surface area contributed by atoms with E-state index in [1.54, 1.807) is 37.3 Å². The third-order valence-electron chi connectivity index (χ3n) is 5.25. The molecule has 0 amide bonds. The van der Waals surface area contributed by atoms with Crippen LogP contribution in [0.5, 0.6) is 23.0 Å². The average Bonchev–Trinajstić information content (AvgIpc) is 2.90. The molecule has 0 fully saturated rings. The van der Waals surface area contributed by atoms with Gasteiger partial charge in [0.2, 0.25) is 5.75 Å². The molecule has 0 aromatic heterocycles. The molecular weight excluding hydrogens is 504 g/mol. The van der Waals surface area contributed by atoms with Crippen LogP contribution >= 0.6 is 0 Å². The number of anilines is 2. The maximum absolute atomic E-state index is 12.9. The Kier molecular flexibility index (Phi) is 8.40. The van der Waals surface area contributed by atoms with Crippen LogP contribution in [0.25, 0.3) is 0 Å². The van der Waals surface area contributed by atoms with E-state index in [4.69, 9.17) is 18.9 Å². The number of benzene rings is 3. The lowest BCUT2D eigenvalue weighted by Gasteiger charge is -2.14. The molecule has 0 unspecified atom stereocenters. The first kappa shape index (κ1) is 27.1. The molecule has 13 heteroatoms. The van der Waals surface area contributed by atoms with Crippen LogP contribution in [-0.4, -0.2) is 47.5 Å². The summed E-state index contributed by atoms with van der Waals surface area (Å²) in [5.41, 5.74) is 3.40. The molecule has 0 saturated heterocycles. The highest BCUT2D eigenvalue weighted by Crippen LogP contribution is 2.38. The number of ether oxygens (including phenoxy) is 4. The minimum Gasteiger partial charge on any atom is -0.495 e. The van der Waals surface area contributed by atoms with E-state index in [0.717, 1.165) is 6.07 Å². The SMILES string of the molecule is COc1ccccc1NS(=O)(=O)c1ccc(N/N=C(/C)c2cc(OC)c(OC)c(OC)c2)c([N+](=O)[O-])c1. The lowest BCUT2D eigenvalue weighted by molar-refractivity contribution is -0.384. The standard InChI is InChI=1S/C24H26N4O8S/c1-15(16-12-22(34-3)24(36-5)23(13-16)35-4)25-26-18-11-10-17(14-20(18)28(29)30)37(31,32)27-19-8-6-7-9-21(19)33-2/h6-14,26-27H,1-5H3/b25-15-. The Hall–Kier alpha value is -4.52. The zero-order valence-electron chi connectivity index (χ0n) is 20.8. The van der Waals surface area contributed by atoms with Crippen molar-refractivity contribution in [3.63, 3.8) is 0 Å². The highest BCUT2D eigenvalue weighted by molar-refractivity contribution is 7.92. The van der Waals surface area contributed by atoms with Crippen LogP contribution in [0.1, 0.15) is 12.5 Å². The predicted octanol–water partition coefficient (Wildman–Crippen LogP) is 4.27. The van der Waals surface area contributed by atoms with Crippen LogP contribution in [-0.2, 0) is 10.0 Å². The van der Waals surface area contributed by atoms with Crippen LogP contribution < -0.4 is 29.1 Å². The zero-order chi connectivity index (χ0) is 27.2. The lowest BCUT2D eigenvalue weighted by Crippen LogP contribution is -2.14. The number of rotatable bonds is 11. The van der Waals surface area contributed by atoms with Crippen LogP contribution in [0.4, 0.5) is 17.1 Å². The first-order valence-electron chi connectivity index (χ1n) is 10.7. The van der Waals surface area contributed by atoms with Gasteiger partial charge in [0.25, 0.3) is 15.7 Å². The summed E-state index contributed by atoms with van der Waals surface area (Å²) in [5.74, 6) is 1.53. The van der Waals surface area contributed by atoms with E-state index < -0.39 is 20.6 Å². The van der Waals surface area contributed by atoms with Crippen molar-refractivity contribution in [2.75, 3.05) is 38.6 Å². The summed E-state index contributed by atoms with van der Waals surface area (Å²) in [6.07, 6.45) is 0.